The standard InChI is InChI=1S/C12H16BrFN2/c1-7-2-3-8(4-7)16-12-5-9(13)10(14)6-11(12)15/h5-8,16H,2-4,15H2,1H3. The second-order valence-electron chi connectivity index (χ2n) is 4.61. The van der Waals surface area contributed by atoms with Crippen LogP contribution in [-0.4, -0.2) is 6.04 Å². The molecule has 2 rings (SSSR count). The third-order valence-electron chi connectivity index (χ3n) is 3.15. The molecular weight excluding hydrogens is 271 g/mol. The molecule has 2 nitrogen and oxygen atoms in total. The van der Waals surface area contributed by atoms with E-state index in [9.17, 15) is 4.39 Å². The number of benzene rings is 1. The summed E-state index contributed by atoms with van der Waals surface area (Å²) in [5.74, 6) is 0.449. The lowest BCUT2D eigenvalue weighted by Gasteiger charge is -2.16. The number of rotatable bonds is 2. The predicted molar refractivity (Wildman–Crippen MR) is 68.9 cm³/mol. The van der Waals surface area contributed by atoms with E-state index in [2.05, 4.69) is 28.2 Å². The number of hydrogen-bond donors (Lipinski definition) is 2. The van der Waals surface area contributed by atoms with Crippen LogP contribution in [0.5, 0.6) is 0 Å². The summed E-state index contributed by atoms with van der Waals surface area (Å²) >= 11 is 3.17. The lowest BCUT2D eigenvalue weighted by Crippen LogP contribution is -2.16. The Labute approximate surface area is 104 Å². The normalized spacial score (nSPS) is 24.7. The van der Waals surface area contributed by atoms with Gasteiger partial charge >= 0.3 is 0 Å². The van der Waals surface area contributed by atoms with E-state index in [-0.39, 0.29) is 5.82 Å². The Kier molecular flexibility index (Phi) is 3.38. The van der Waals surface area contributed by atoms with Crippen LogP contribution in [0.4, 0.5) is 15.8 Å². The van der Waals surface area contributed by atoms with Crippen molar-refractivity contribution in [2.45, 2.75) is 32.2 Å². The van der Waals surface area contributed by atoms with Gasteiger partial charge in [0, 0.05) is 12.1 Å². The number of nitrogens with one attached hydrogen (secondary N) is 1. The first-order valence-corrected chi connectivity index (χ1v) is 6.36. The second kappa shape index (κ2) is 4.62. The van der Waals surface area contributed by atoms with Crippen LogP contribution >= 0.6 is 15.9 Å². The number of nitrogens with two attached hydrogens (primary N) is 1. The van der Waals surface area contributed by atoms with Gasteiger partial charge in [-0.2, -0.15) is 0 Å². The van der Waals surface area contributed by atoms with Crippen molar-refractivity contribution >= 4 is 27.3 Å². The van der Waals surface area contributed by atoms with E-state index in [0.29, 0.717) is 16.2 Å². The maximum absolute atomic E-state index is 13.2. The molecule has 16 heavy (non-hydrogen) atoms. The first-order valence-electron chi connectivity index (χ1n) is 5.57. The van der Waals surface area contributed by atoms with Crippen LogP contribution in [-0.2, 0) is 0 Å². The Balaban J connectivity index is 2.12. The molecule has 1 aliphatic rings. The minimum atomic E-state index is -0.317. The Hall–Kier alpha value is -0.770. The topological polar surface area (TPSA) is 38.0 Å². The molecule has 3 N–H and O–H groups in total. The van der Waals surface area contributed by atoms with Crippen LogP contribution in [0.3, 0.4) is 0 Å². The van der Waals surface area contributed by atoms with Gasteiger partial charge in [0.15, 0.2) is 0 Å². The zero-order valence-corrected chi connectivity index (χ0v) is 10.8. The van der Waals surface area contributed by atoms with E-state index in [1.54, 1.807) is 6.07 Å². The van der Waals surface area contributed by atoms with Crippen LogP contribution in [0.25, 0.3) is 0 Å². The highest BCUT2D eigenvalue weighted by Gasteiger charge is 2.21. The van der Waals surface area contributed by atoms with Crippen molar-refractivity contribution in [2.75, 3.05) is 11.1 Å². The average molecular weight is 287 g/mol. The van der Waals surface area contributed by atoms with E-state index < -0.39 is 0 Å². The minimum absolute atomic E-state index is 0.317. The summed E-state index contributed by atoms with van der Waals surface area (Å²) < 4.78 is 13.6. The zero-order valence-electron chi connectivity index (χ0n) is 9.26. The van der Waals surface area contributed by atoms with Crippen molar-refractivity contribution in [1.29, 1.82) is 0 Å². The smallest absolute Gasteiger partial charge is 0.139 e. The average Bonchev–Trinajstić information content (AvgIpc) is 2.60. The quantitative estimate of drug-likeness (QED) is 0.812. The van der Waals surface area contributed by atoms with E-state index in [4.69, 9.17) is 5.73 Å². The number of hydrogen-bond acceptors (Lipinski definition) is 2. The van der Waals surface area contributed by atoms with E-state index >= 15 is 0 Å². The maximum Gasteiger partial charge on any atom is 0.139 e. The van der Waals surface area contributed by atoms with Gasteiger partial charge in [-0.15, -0.1) is 0 Å². The molecule has 1 saturated carbocycles. The monoisotopic (exact) mass is 286 g/mol. The third-order valence-corrected chi connectivity index (χ3v) is 3.75. The summed E-state index contributed by atoms with van der Waals surface area (Å²) in [6.07, 6.45) is 3.57. The van der Waals surface area contributed by atoms with Crippen molar-refractivity contribution in [2.24, 2.45) is 5.92 Å². The van der Waals surface area contributed by atoms with E-state index in [1.165, 1.54) is 12.5 Å². The van der Waals surface area contributed by atoms with Gasteiger partial charge in [0.2, 0.25) is 0 Å². The van der Waals surface area contributed by atoms with Gasteiger partial charge < -0.3 is 11.1 Å². The molecule has 0 bridgehead atoms. The summed E-state index contributed by atoms with van der Waals surface area (Å²) in [6.45, 7) is 2.26. The lowest BCUT2D eigenvalue weighted by atomic mass is 10.1. The molecule has 1 aliphatic carbocycles. The van der Waals surface area contributed by atoms with E-state index in [1.807, 2.05) is 0 Å². The van der Waals surface area contributed by atoms with Crippen molar-refractivity contribution in [1.82, 2.24) is 0 Å². The lowest BCUT2D eigenvalue weighted by molar-refractivity contribution is 0.602. The van der Waals surface area contributed by atoms with Crippen LogP contribution in [0.15, 0.2) is 16.6 Å². The molecule has 1 aromatic carbocycles. The first-order chi connectivity index (χ1) is 7.56. The van der Waals surface area contributed by atoms with Gasteiger partial charge in [0.05, 0.1) is 15.8 Å². The minimum Gasteiger partial charge on any atom is -0.397 e. The molecule has 88 valence electrons. The van der Waals surface area contributed by atoms with Crippen molar-refractivity contribution in [3.8, 4) is 0 Å². The van der Waals surface area contributed by atoms with Gasteiger partial charge in [-0.1, -0.05) is 6.92 Å². The first kappa shape index (κ1) is 11.7. The van der Waals surface area contributed by atoms with Crippen LogP contribution in [0.1, 0.15) is 26.2 Å². The Morgan fingerprint density at radius 2 is 2.19 bits per heavy atom. The van der Waals surface area contributed by atoms with Crippen molar-refractivity contribution in [3.05, 3.63) is 22.4 Å². The second-order valence-corrected chi connectivity index (χ2v) is 5.47. The van der Waals surface area contributed by atoms with Gasteiger partial charge in [0.25, 0.3) is 0 Å². The fourth-order valence-electron chi connectivity index (χ4n) is 2.25. The molecule has 1 fully saturated rings. The van der Waals surface area contributed by atoms with E-state index in [0.717, 1.165) is 24.4 Å². The molecule has 0 spiro atoms. The molecule has 2 atom stereocenters. The summed E-state index contributed by atoms with van der Waals surface area (Å²) in [5, 5.41) is 3.39. The molecule has 0 aliphatic heterocycles. The van der Waals surface area contributed by atoms with Crippen LogP contribution in [0, 0.1) is 11.7 Å². The molecular formula is C12H16BrFN2. The summed E-state index contributed by atoms with van der Waals surface area (Å²) in [5.41, 5.74) is 7.08. The molecule has 0 radical (unpaired) electrons. The van der Waals surface area contributed by atoms with Gasteiger partial charge in [0.1, 0.15) is 5.82 Å². The van der Waals surface area contributed by atoms with Crippen molar-refractivity contribution < 1.29 is 4.39 Å². The predicted octanol–water partition coefficient (Wildman–Crippen LogP) is 3.77. The van der Waals surface area contributed by atoms with Crippen LogP contribution in [0.2, 0.25) is 0 Å². The third kappa shape index (κ3) is 2.48. The fraction of sp³-hybridized carbons (Fsp3) is 0.500. The van der Waals surface area contributed by atoms with Gasteiger partial charge in [-0.25, -0.2) is 4.39 Å². The number of nitrogen functional groups attached to an aromatic ring is 1. The highest BCUT2D eigenvalue weighted by Crippen LogP contribution is 2.31. The summed E-state index contributed by atoms with van der Waals surface area (Å²) in [7, 11) is 0. The number of halogens is 2. The Morgan fingerprint density at radius 1 is 1.44 bits per heavy atom. The van der Waals surface area contributed by atoms with Gasteiger partial charge in [-0.05, 0) is 47.2 Å². The Bertz CT molecular complexity index is 395. The highest BCUT2D eigenvalue weighted by atomic mass is 79.9. The molecule has 0 aromatic heterocycles. The molecule has 0 amide bonds. The fourth-order valence-corrected chi connectivity index (χ4v) is 2.59. The molecule has 0 heterocycles. The molecule has 4 heteroatoms. The number of anilines is 2. The van der Waals surface area contributed by atoms with Gasteiger partial charge in [-0.3, -0.25) is 0 Å². The Morgan fingerprint density at radius 3 is 2.81 bits per heavy atom. The summed E-state index contributed by atoms with van der Waals surface area (Å²) in [6, 6.07) is 3.54. The maximum atomic E-state index is 13.2. The molecule has 2 unspecified atom stereocenters. The largest absolute Gasteiger partial charge is 0.397 e. The summed E-state index contributed by atoms with van der Waals surface area (Å²) in [4.78, 5) is 0. The zero-order chi connectivity index (χ0) is 11.7. The van der Waals surface area contributed by atoms with Crippen LogP contribution < -0.4 is 11.1 Å². The highest BCUT2D eigenvalue weighted by molar-refractivity contribution is 9.10. The SMILES string of the molecule is CC1CCC(Nc2cc(Br)c(F)cc2N)C1. The molecule has 0 saturated heterocycles. The molecule has 1 aromatic rings. The van der Waals surface area contributed by atoms with Crippen molar-refractivity contribution in [3.63, 3.8) is 0 Å².